The fourth-order valence-corrected chi connectivity index (χ4v) is 2.57. The number of hydrazone groups is 1. The molecule has 7 heteroatoms. The molecule has 0 saturated carbocycles. The van der Waals surface area contributed by atoms with Gasteiger partial charge in [0.05, 0.1) is 31.9 Å². The van der Waals surface area contributed by atoms with Gasteiger partial charge in [-0.15, -0.1) is 11.3 Å². The van der Waals surface area contributed by atoms with Crippen LogP contribution in [0, 0.1) is 0 Å². The maximum atomic E-state index is 11.9. The molecule has 0 aliphatic rings. The van der Waals surface area contributed by atoms with Crippen molar-refractivity contribution >= 4 is 23.0 Å². The summed E-state index contributed by atoms with van der Waals surface area (Å²) in [6.45, 7) is 1.79. The lowest BCUT2D eigenvalue weighted by Gasteiger charge is -2.14. The fraction of sp³-hybridized carbons (Fsp3) is 0.250. The normalized spacial score (nSPS) is 11.0. The molecule has 0 bridgehead atoms. The molecule has 0 saturated heterocycles. The molecule has 1 aromatic heterocycles. The molecular formula is C16H18N2O4S. The Balaban J connectivity index is 2.26. The molecule has 0 fully saturated rings. The molecule has 0 unspecified atom stereocenters. The van der Waals surface area contributed by atoms with Crippen LogP contribution in [0.2, 0.25) is 0 Å². The van der Waals surface area contributed by atoms with Crippen molar-refractivity contribution in [1.82, 2.24) is 5.43 Å². The van der Waals surface area contributed by atoms with Crippen LogP contribution in [0.4, 0.5) is 0 Å². The minimum Gasteiger partial charge on any atom is -0.493 e. The minimum absolute atomic E-state index is 0.244. The molecular weight excluding hydrogens is 316 g/mol. The standard InChI is InChI=1S/C16H18N2O4S/c1-10(17-18-16(19)14-6-5-7-23-14)11-8-12(20-2)15(22-4)13(9-11)21-3/h5-9H,1-4H3,(H,18,19)/b17-10+. The van der Waals surface area contributed by atoms with Crippen LogP contribution in [0.15, 0.2) is 34.7 Å². The highest BCUT2D eigenvalue weighted by Gasteiger charge is 2.14. The average Bonchev–Trinajstić information content (AvgIpc) is 3.12. The van der Waals surface area contributed by atoms with Gasteiger partial charge in [0.25, 0.3) is 5.91 Å². The van der Waals surface area contributed by atoms with E-state index in [1.807, 2.05) is 11.4 Å². The summed E-state index contributed by atoms with van der Waals surface area (Å²) in [6.07, 6.45) is 0. The van der Waals surface area contributed by atoms with Gasteiger partial charge in [-0.25, -0.2) is 5.43 Å². The Labute approximate surface area is 138 Å². The molecule has 23 heavy (non-hydrogen) atoms. The van der Waals surface area contributed by atoms with E-state index in [2.05, 4.69) is 10.5 Å². The minimum atomic E-state index is -0.244. The zero-order chi connectivity index (χ0) is 16.8. The maximum Gasteiger partial charge on any atom is 0.281 e. The van der Waals surface area contributed by atoms with E-state index in [9.17, 15) is 4.79 Å². The summed E-state index contributed by atoms with van der Waals surface area (Å²) in [5, 5.41) is 5.97. The number of carbonyl (C=O) groups excluding carboxylic acids is 1. The Morgan fingerprint density at radius 2 is 1.78 bits per heavy atom. The number of hydrogen-bond donors (Lipinski definition) is 1. The van der Waals surface area contributed by atoms with Gasteiger partial charge in [-0.1, -0.05) is 6.07 Å². The molecule has 0 aliphatic heterocycles. The summed E-state index contributed by atoms with van der Waals surface area (Å²) >= 11 is 1.36. The van der Waals surface area contributed by atoms with Crippen molar-refractivity contribution in [2.75, 3.05) is 21.3 Å². The van der Waals surface area contributed by atoms with Crippen molar-refractivity contribution in [2.45, 2.75) is 6.92 Å². The number of thiophene rings is 1. The zero-order valence-corrected chi connectivity index (χ0v) is 14.2. The molecule has 0 radical (unpaired) electrons. The number of nitrogens with one attached hydrogen (secondary N) is 1. The van der Waals surface area contributed by atoms with Gasteiger partial charge in [-0.2, -0.15) is 5.10 Å². The van der Waals surface area contributed by atoms with E-state index in [0.29, 0.717) is 27.8 Å². The van der Waals surface area contributed by atoms with E-state index < -0.39 is 0 Å². The molecule has 6 nitrogen and oxygen atoms in total. The van der Waals surface area contributed by atoms with Gasteiger partial charge in [-0.3, -0.25) is 4.79 Å². The molecule has 0 aliphatic carbocycles. The third-order valence-electron chi connectivity index (χ3n) is 3.15. The Morgan fingerprint density at radius 3 is 2.26 bits per heavy atom. The first-order valence-corrected chi connectivity index (χ1v) is 7.67. The molecule has 1 aromatic carbocycles. The summed E-state index contributed by atoms with van der Waals surface area (Å²) in [5.41, 5.74) is 3.91. The van der Waals surface area contributed by atoms with Crippen LogP contribution in [0.5, 0.6) is 17.2 Å². The number of methoxy groups -OCH3 is 3. The van der Waals surface area contributed by atoms with E-state index in [0.717, 1.165) is 5.56 Å². The third kappa shape index (κ3) is 3.81. The van der Waals surface area contributed by atoms with Crippen molar-refractivity contribution in [1.29, 1.82) is 0 Å². The van der Waals surface area contributed by atoms with Crippen LogP contribution >= 0.6 is 11.3 Å². The monoisotopic (exact) mass is 334 g/mol. The lowest BCUT2D eigenvalue weighted by Crippen LogP contribution is -2.18. The summed E-state index contributed by atoms with van der Waals surface area (Å²) < 4.78 is 15.9. The second-order valence-corrected chi connectivity index (χ2v) is 5.48. The molecule has 0 atom stereocenters. The van der Waals surface area contributed by atoms with Crippen molar-refractivity contribution in [3.8, 4) is 17.2 Å². The summed E-state index contributed by atoms with van der Waals surface area (Å²) in [6, 6.07) is 7.11. The van der Waals surface area contributed by atoms with Crippen LogP contribution in [-0.2, 0) is 0 Å². The van der Waals surface area contributed by atoms with Crippen LogP contribution in [0.3, 0.4) is 0 Å². The lowest BCUT2D eigenvalue weighted by atomic mass is 10.1. The van der Waals surface area contributed by atoms with Gasteiger partial charge >= 0.3 is 0 Å². The van der Waals surface area contributed by atoms with Crippen molar-refractivity contribution in [2.24, 2.45) is 5.10 Å². The van der Waals surface area contributed by atoms with E-state index in [1.54, 1.807) is 46.5 Å². The third-order valence-corrected chi connectivity index (χ3v) is 4.02. The first-order chi connectivity index (χ1) is 11.1. The van der Waals surface area contributed by atoms with E-state index in [4.69, 9.17) is 14.2 Å². The van der Waals surface area contributed by atoms with Gasteiger partial charge in [-0.05, 0) is 30.5 Å². The topological polar surface area (TPSA) is 69.2 Å². The SMILES string of the molecule is COc1cc(/C(C)=N/NC(=O)c2cccs2)cc(OC)c1OC. The van der Waals surface area contributed by atoms with E-state index in [-0.39, 0.29) is 5.91 Å². The maximum absolute atomic E-state index is 11.9. The molecule has 1 heterocycles. The summed E-state index contributed by atoms with van der Waals surface area (Å²) in [5.74, 6) is 1.32. The van der Waals surface area contributed by atoms with E-state index >= 15 is 0 Å². The second-order valence-electron chi connectivity index (χ2n) is 4.53. The Kier molecular flexibility index (Phi) is 5.59. The number of rotatable bonds is 6. The number of carbonyl (C=O) groups is 1. The Morgan fingerprint density at radius 1 is 1.13 bits per heavy atom. The smallest absolute Gasteiger partial charge is 0.281 e. The molecule has 122 valence electrons. The first-order valence-electron chi connectivity index (χ1n) is 6.79. The zero-order valence-electron chi connectivity index (χ0n) is 13.4. The highest BCUT2D eigenvalue weighted by atomic mass is 32.1. The Hall–Kier alpha value is -2.54. The number of ether oxygens (including phenoxy) is 3. The highest BCUT2D eigenvalue weighted by molar-refractivity contribution is 7.12. The molecule has 0 spiro atoms. The summed E-state index contributed by atoms with van der Waals surface area (Å²) in [4.78, 5) is 12.5. The van der Waals surface area contributed by atoms with Crippen LogP contribution in [-0.4, -0.2) is 32.9 Å². The van der Waals surface area contributed by atoms with Crippen molar-refractivity contribution in [3.63, 3.8) is 0 Å². The number of hydrogen-bond acceptors (Lipinski definition) is 6. The predicted octanol–water partition coefficient (Wildman–Crippen LogP) is 2.93. The largest absolute Gasteiger partial charge is 0.493 e. The first kappa shape index (κ1) is 16.8. The van der Waals surface area contributed by atoms with Crippen molar-refractivity contribution < 1.29 is 19.0 Å². The van der Waals surface area contributed by atoms with Gasteiger partial charge in [0.2, 0.25) is 5.75 Å². The van der Waals surface area contributed by atoms with Gasteiger partial charge in [0, 0.05) is 5.56 Å². The van der Waals surface area contributed by atoms with Crippen LogP contribution in [0.25, 0.3) is 0 Å². The number of nitrogens with zero attached hydrogens (tertiary/aromatic N) is 1. The molecule has 1 N–H and O–H groups in total. The summed E-state index contributed by atoms with van der Waals surface area (Å²) in [7, 11) is 4.64. The molecule has 1 amide bonds. The number of amides is 1. The van der Waals surface area contributed by atoms with Crippen molar-refractivity contribution in [3.05, 3.63) is 40.1 Å². The van der Waals surface area contributed by atoms with Crippen LogP contribution in [0.1, 0.15) is 22.2 Å². The van der Waals surface area contributed by atoms with Gasteiger partial charge in [0.1, 0.15) is 0 Å². The number of benzene rings is 1. The fourth-order valence-electron chi connectivity index (χ4n) is 1.95. The van der Waals surface area contributed by atoms with Crippen LogP contribution < -0.4 is 19.6 Å². The molecule has 2 aromatic rings. The highest BCUT2D eigenvalue weighted by Crippen LogP contribution is 2.38. The lowest BCUT2D eigenvalue weighted by molar-refractivity contribution is 0.0959. The quantitative estimate of drug-likeness (QED) is 0.651. The van der Waals surface area contributed by atoms with Gasteiger partial charge in [0.15, 0.2) is 11.5 Å². The second kappa shape index (κ2) is 7.64. The Bertz CT molecular complexity index is 686. The molecule has 2 rings (SSSR count). The predicted molar refractivity (Wildman–Crippen MR) is 90.1 cm³/mol. The van der Waals surface area contributed by atoms with E-state index in [1.165, 1.54) is 11.3 Å². The average molecular weight is 334 g/mol. The van der Waals surface area contributed by atoms with Gasteiger partial charge < -0.3 is 14.2 Å².